The Morgan fingerprint density at radius 2 is 1.08 bits per heavy atom. The maximum Gasteiger partial charge on any atom is 0.115 e. The molecule has 128 valence electrons. The molecule has 4 aromatic rings. The van der Waals surface area contributed by atoms with Gasteiger partial charge in [-0.1, -0.05) is 66.7 Å². The Morgan fingerprint density at radius 3 is 1.65 bits per heavy atom. The van der Waals surface area contributed by atoms with Gasteiger partial charge in [0, 0.05) is 5.41 Å². The molecule has 0 unspecified atom stereocenters. The Labute approximate surface area is 153 Å². The molecule has 0 radical (unpaired) electrons. The fourth-order valence-electron chi connectivity index (χ4n) is 3.73. The van der Waals surface area contributed by atoms with Gasteiger partial charge in [0.25, 0.3) is 0 Å². The van der Waals surface area contributed by atoms with Crippen molar-refractivity contribution in [3.05, 3.63) is 108 Å². The van der Waals surface area contributed by atoms with E-state index in [1.54, 1.807) is 24.3 Å². The summed E-state index contributed by atoms with van der Waals surface area (Å²) in [6.45, 7) is 2.19. The van der Waals surface area contributed by atoms with Gasteiger partial charge < -0.3 is 10.2 Å². The van der Waals surface area contributed by atoms with E-state index in [4.69, 9.17) is 0 Å². The molecular weight excluding hydrogens is 320 g/mol. The predicted octanol–water partition coefficient (Wildman–Crippen LogP) is 5.61. The van der Waals surface area contributed by atoms with Crippen LogP contribution in [0.25, 0.3) is 10.8 Å². The van der Waals surface area contributed by atoms with Crippen LogP contribution in [0.3, 0.4) is 0 Å². The van der Waals surface area contributed by atoms with E-state index in [1.807, 2.05) is 30.3 Å². The van der Waals surface area contributed by atoms with Crippen LogP contribution in [0.2, 0.25) is 0 Å². The quantitative estimate of drug-likeness (QED) is 0.476. The first kappa shape index (κ1) is 16.2. The Hall–Kier alpha value is -3.26. The van der Waals surface area contributed by atoms with E-state index in [0.717, 1.165) is 11.1 Å². The molecule has 4 aromatic carbocycles. The van der Waals surface area contributed by atoms with Crippen LogP contribution in [-0.4, -0.2) is 10.2 Å². The molecule has 0 aliphatic carbocycles. The minimum absolute atomic E-state index is 0.250. The fraction of sp³-hybridized carbons (Fsp3) is 0.0833. The van der Waals surface area contributed by atoms with Crippen molar-refractivity contribution in [1.82, 2.24) is 0 Å². The highest BCUT2D eigenvalue weighted by molar-refractivity contribution is 5.88. The highest BCUT2D eigenvalue weighted by Crippen LogP contribution is 2.42. The molecule has 0 atom stereocenters. The van der Waals surface area contributed by atoms with Crippen molar-refractivity contribution in [1.29, 1.82) is 0 Å². The Kier molecular flexibility index (Phi) is 3.89. The third-order valence-electron chi connectivity index (χ3n) is 5.22. The van der Waals surface area contributed by atoms with Crippen molar-refractivity contribution in [2.75, 3.05) is 0 Å². The number of aromatic hydroxyl groups is 2. The van der Waals surface area contributed by atoms with Gasteiger partial charge in [-0.3, -0.25) is 0 Å². The first-order valence-corrected chi connectivity index (χ1v) is 8.66. The normalized spacial score (nSPS) is 11.6. The van der Waals surface area contributed by atoms with Crippen LogP contribution in [0.4, 0.5) is 0 Å². The SMILES string of the molecule is CC(c1ccc(O)cc1)(c1ccc(O)cc1)c1cccc2ccccc12. The van der Waals surface area contributed by atoms with Crippen LogP contribution in [0.15, 0.2) is 91.0 Å². The lowest BCUT2D eigenvalue weighted by molar-refractivity contribution is 0.474. The molecule has 26 heavy (non-hydrogen) atoms. The second kappa shape index (κ2) is 6.23. The van der Waals surface area contributed by atoms with Gasteiger partial charge in [-0.05, 0) is 58.7 Å². The zero-order chi connectivity index (χ0) is 18.1. The molecule has 0 aliphatic rings. The fourth-order valence-corrected chi connectivity index (χ4v) is 3.73. The summed E-state index contributed by atoms with van der Waals surface area (Å²) in [7, 11) is 0. The van der Waals surface area contributed by atoms with E-state index in [1.165, 1.54) is 16.3 Å². The van der Waals surface area contributed by atoms with Crippen LogP contribution in [0, 0.1) is 0 Å². The van der Waals surface area contributed by atoms with Gasteiger partial charge in [-0.2, -0.15) is 0 Å². The molecule has 0 fully saturated rings. The summed E-state index contributed by atoms with van der Waals surface area (Å²) in [6, 6.07) is 29.4. The van der Waals surface area contributed by atoms with E-state index in [9.17, 15) is 10.2 Å². The number of hydrogen-bond acceptors (Lipinski definition) is 2. The molecule has 2 nitrogen and oxygen atoms in total. The predicted molar refractivity (Wildman–Crippen MR) is 106 cm³/mol. The minimum atomic E-state index is -0.428. The lowest BCUT2D eigenvalue weighted by Gasteiger charge is -2.33. The van der Waals surface area contributed by atoms with Gasteiger partial charge in [0.2, 0.25) is 0 Å². The second-order valence-corrected chi connectivity index (χ2v) is 6.75. The summed E-state index contributed by atoms with van der Waals surface area (Å²) in [4.78, 5) is 0. The maximum atomic E-state index is 9.74. The largest absolute Gasteiger partial charge is 0.508 e. The zero-order valence-corrected chi connectivity index (χ0v) is 14.6. The smallest absolute Gasteiger partial charge is 0.115 e. The highest BCUT2D eigenvalue weighted by Gasteiger charge is 2.32. The number of hydrogen-bond donors (Lipinski definition) is 2. The van der Waals surface area contributed by atoms with E-state index >= 15 is 0 Å². The van der Waals surface area contributed by atoms with E-state index in [-0.39, 0.29) is 11.5 Å². The first-order valence-electron chi connectivity index (χ1n) is 8.66. The molecule has 4 rings (SSSR count). The second-order valence-electron chi connectivity index (χ2n) is 6.75. The topological polar surface area (TPSA) is 40.5 Å². The van der Waals surface area contributed by atoms with E-state index < -0.39 is 5.41 Å². The highest BCUT2D eigenvalue weighted by atomic mass is 16.3. The van der Waals surface area contributed by atoms with Gasteiger partial charge >= 0.3 is 0 Å². The molecule has 0 spiro atoms. The summed E-state index contributed by atoms with van der Waals surface area (Å²) in [5, 5.41) is 21.9. The van der Waals surface area contributed by atoms with Gasteiger partial charge in [-0.15, -0.1) is 0 Å². The number of phenols is 2. The third kappa shape index (κ3) is 2.60. The van der Waals surface area contributed by atoms with Crippen LogP contribution < -0.4 is 0 Å². The molecule has 2 N–H and O–H groups in total. The van der Waals surface area contributed by atoms with Gasteiger partial charge in [-0.25, -0.2) is 0 Å². The zero-order valence-electron chi connectivity index (χ0n) is 14.6. The summed E-state index contributed by atoms with van der Waals surface area (Å²) >= 11 is 0. The minimum Gasteiger partial charge on any atom is -0.508 e. The molecule has 0 saturated carbocycles. The van der Waals surface area contributed by atoms with E-state index in [0.29, 0.717) is 0 Å². The Balaban J connectivity index is 2.04. The number of phenolic OH excluding ortho intramolecular Hbond substituents is 2. The molecule has 0 bridgehead atoms. The van der Waals surface area contributed by atoms with Crippen molar-refractivity contribution in [2.24, 2.45) is 0 Å². The lowest BCUT2D eigenvalue weighted by atomic mass is 9.70. The maximum absolute atomic E-state index is 9.74. The average Bonchev–Trinajstić information content (AvgIpc) is 2.68. The summed E-state index contributed by atoms with van der Waals surface area (Å²) in [5.41, 5.74) is 2.92. The molecule has 0 aliphatic heterocycles. The number of fused-ring (bicyclic) bond motifs is 1. The first-order chi connectivity index (χ1) is 12.6. The Bertz CT molecular complexity index is 997. The lowest BCUT2D eigenvalue weighted by Crippen LogP contribution is -2.25. The molecule has 0 saturated heterocycles. The number of benzene rings is 4. The molecular formula is C24H20O2. The van der Waals surface area contributed by atoms with Gasteiger partial charge in [0.15, 0.2) is 0 Å². The summed E-state index contributed by atoms with van der Waals surface area (Å²) < 4.78 is 0. The van der Waals surface area contributed by atoms with Crippen LogP contribution >= 0.6 is 0 Å². The number of rotatable bonds is 3. The average molecular weight is 340 g/mol. The van der Waals surface area contributed by atoms with Crippen LogP contribution in [0.5, 0.6) is 11.5 Å². The molecule has 0 aromatic heterocycles. The molecule has 0 heterocycles. The monoisotopic (exact) mass is 340 g/mol. The summed E-state index contributed by atoms with van der Waals surface area (Å²) in [6.07, 6.45) is 0. The van der Waals surface area contributed by atoms with Crippen LogP contribution in [0.1, 0.15) is 23.6 Å². The van der Waals surface area contributed by atoms with Gasteiger partial charge in [0.05, 0.1) is 0 Å². The molecule has 2 heteroatoms. The van der Waals surface area contributed by atoms with Crippen molar-refractivity contribution in [3.8, 4) is 11.5 Å². The summed E-state index contributed by atoms with van der Waals surface area (Å²) in [5.74, 6) is 0.499. The standard InChI is InChI=1S/C24H20O2/c1-24(18-9-13-20(25)14-10-18,19-11-15-21(26)16-12-19)23-8-4-6-17-5-2-3-7-22(17)23/h2-16,25-26H,1H3. The van der Waals surface area contributed by atoms with Crippen molar-refractivity contribution < 1.29 is 10.2 Å². The van der Waals surface area contributed by atoms with Crippen molar-refractivity contribution in [3.63, 3.8) is 0 Å². The van der Waals surface area contributed by atoms with Crippen molar-refractivity contribution >= 4 is 10.8 Å². The van der Waals surface area contributed by atoms with Gasteiger partial charge in [0.1, 0.15) is 11.5 Å². The Morgan fingerprint density at radius 1 is 0.577 bits per heavy atom. The van der Waals surface area contributed by atoms with E-state index in [2.05, 4.69) is 43.3 Å². The van der Waals surface area contributed by atoms with Crippen molar-refractivity contribution in [2.45, 2.75) is 12.3 Å². The molecule has 0 amide bonds. The third-order valence-corrected chi connectivity index (χ3v) is 5.22. The van der Waals surface area contributed by atoms with Crippen LogP contribution in [-0.2, 0) is 5.41 Å².